The molecule has 5 aromatic carbocycles. The molecule has 0 radical (unpaired) electrons. The van der Waals surface area contributed by atoms with Crippen LogP contribution in [0.3, 0.4) is 0 Å². The number of anilines is 5. The zero-order chi connectivity index (χ0) is 28.7. The van der Waals surface area contributed by atoms with E-state index in [0.717, 1.165) is 17.1 Å². The fourth-order valence-corrected chi connectivity index (χ4v) is 7.94. The topological polar surface area (TPSA) is 19.4 Å². The van der Waals surface area contributed by atoms with Gasteiger partial charge in [-0.2, -0.15) is 0 Å². The van der Waals surface area contributed by atoms with E-state index in [-0.39, 0.29) is 11.5 Å². The van der Waals surface area contributed by atoms with Gasteiger partial charge < -0.3 is 9.80 Å². The summed E-state index contributed by atoms with van der Waals surface area (Å²) in [6.45, 7) is 4.81. The Hall–Kier alpha value is -5.15. The molecule has 3 heterocycles. The first-order valence-corrected chi connectivity index (χ1v) is 15.1. The standard InChI is InChI=1S/C40H31N3/c1-40(2)34-17-7-8-19-37(34)43-36-21-20-27(24-33(36)32-16-9-18-35(40)39(32)43)42(28-12-10-22-41-25-28)38-23-26-11-3-4-13-29(26)30-14-5-6-15-31(30)38/h3-25,35,39H,1-2H3. The molecule has 0 N–H and O–H groups in total. The SMILES string of the molecule is CC1(C)c2ccccc2N2c3ccc(N(c4cccnc4)c4cc5ccccc5c5ccccc45)cc3C3=CC=CC1C32. The number of fused-ring (bicyclic) bond motifs is 8. The number of allylic oxidation sites excluding steroid dienone is 2. The quantitative estimate of drug-likeness (QED) is 0.203. The number of pyridine rings is 1. The summed E-state index contributed by atoms with van der Waals surface area (Å²) >= 11 is 0. The van der Waals surface area contributed by atoms with Crippen LogP contribution in [-0.2, 0) is 5.41 Å². The summed E-state index contributed by atoms with van der Waals surface area (Å²) in [6, 6.07) is 40.3. The van der Waals surface area contributed by atoms with Crippen molar-refractivity contribution < 1.29 is 0 Å². The maximum Gasteiger partial charge on any atom is 0.0669 e. The number of benzene rings is 5. The Bertz CT molecular complexity index is 2140. The minimum atomic E-state index is 0.0321. The monoisotopic (exact) mass is 553 g/mol. The summed E-state index contributed by atoms with van der Waals surface area (Å²) in [6.07, 6.45) is 10.9. The first kappa shape index (κ1) is 24.4. The lowest BCUT2D eigenvalue weighted by atomic mass is 9.64. The van der Waals surface area contributed by atoms with Crippen LogP contribution in [0.2, 0.25) is 0 Å². The smallest absolute Gasteiger partial charge is 0.0669 e. The Morgan fingerprint density at radius 2 is 1.51 bits per heavy atom. The molecule has 3 nitrogen and oxygen atoms in total. The lowest BCUT2D eigenvalue weighted by Gasteiger charge is -2.49. The van der Waals surface area contributed by atoms with Crippen LogP contribution in [0.25, 0.3) is 27.1 Å². The average molecular weight is 554 g/mol. The molecule has 1 aromatic heterocycles. The molecule has 1 aliphatic carbocycles. The van der Waals surface area contributed by atoms with Crippen LogP contribution in [0.1, 0.15) is 25.0 Å². The second-order valence-electron chi connectivity index (χ2n) is 12.5. The van der Waals surface area contributed by atoms with E-state index in [9.17, 15) is 0 Å². The van der Waals surface area contributed by atoms with Crippen LogP contribution in [0.4, 0.5) is 28.4 Å². The van der Waals surface area contributed by atoms with Crippen LogP contribution in [-0.4, -0.2) is 11.0 Å². The normalized spacial score (nSPS) is 19.1. The summed E-state index contributed by atoms with van der Waals surface area (Å²) in [4.78, 5) is 9.53. The molecular formula is C40H31N3. The third-order valence-electron chi connectivity index (χ3n) is 9.92. The van der Waals surface area contributed by atoms with Crippen molar-refractivity contribution >= 4 is 55.6 Å². The van der Waals surface area contributed by atoms with Crippen LogP contribution in [0.15, 0.2) is 140 Å². The summed E-state index contributed by atoms with van der Waals surface area (Å²) in [5.74, 6) is 0.386. The molecule has 9 rings (SSSR count). The molecule has 0 saturated carbocycles. The predicted octanol–water partition coefficient (Wildman–Crippen LogP) is 10.2. The first-order valence-electron chi connectivity index (χ1n) is 15.1. The van der Waals surface area contributed by atoms with E-state index < -0.39 is 0 Å². The molecule has 2 unspecified atom stereocenters. The lowest BCUT2D eigenvalue weighted by molar-refractivity contribution is 0.341. The van der Waals surface area contributed by atoms with Gasteiger partial charge in [0.15, 0.2) is 0 Å². The molecule has 2 atom stereocenters. The first-order chi connectivity index (χ1) is 21.1. The van der Waals surface area contributed by atoms with Crippen LogP contribution < -0.4 is 9.80 Å². The van der Waals surface area contributed by atoms with Crippen LogP contribution >= 0.6 is 0 Å². The van der Waals surface area contributed by atoms with Gasteiger partial charge in [-0.1, -0.05) is 98.8 Å². The average Bonchev–Trinajstić information content (AvgIpc) is 3.39. The number of nitrogens with zero attached hydrogens (tertiary/aromatic N) is 3. The Morgan fingerprint density at radius 1 is 0.721 bits per heavy atom. The summed E-state index contributed by atoms with van der Waals surface area (Å²) in [7, 11) is 0. The largest absolute Gasteiger partial charge is 0.332 e. The van der Waals surface area contributed by atoms with Crippen molar-refractivity contribution in [3.63, 3.8) is 0 Å². The van der Waals surface area contributed by atoms with E-state index in [4.69, 9.17) is 0 Å². The van der Waals surface area contributed by atoms with Crippen LogP contribution in [0.5, 0.6) is 0 Å². The maximum absolute atomic E-state index is 4.55. The van der Waals surface area contributed by atoms with Crippen molar-refractivity contribution in [3.8, 4) is 0 Å². The zero-order valence-electron chi connectivity index (χ0n) is 24.3. The molecule has 0 fully saturated rings. The van der Waals surface area contributed by atoms with Crippen molar-refractivity contribution in [2.45, 2.75) is 25.3 Å². The second kappa shape index (κ2) is 8.92. The van der Waals surface area contributed by atoms with E-state index in [1.165, 1.54) is 49.6 Å². The van der Waals surface area contributed by atoms with Gasteiger partial charge in [0.1, 0.15) is 0 Å². The minimum Gasteiger partial charge on any atom is -0.332 e. The summed E-state index contributed by atoms with van der Waals surface area (Å²) in [5, 5.41) is 4.97. The third-order valence-corrected chi connectivity index (χ3v) is 9.92. The van der Waals surface area contributed by atoms with Gasteiger partial charge in [-0.15, -0.1) is 0 Å². The van der Waals surface area contributed by atoms with Crippen molar-refractivity contribution in [1.29, 1.82) is 0 Å². The van der Waals surface area contributed by atoms with Gasteiger partial charge in [0.2, 0.25) is 0 Å². The third kappa shape index (κ3) is 3.39. The molecule has 6 aromatic rings. The Kier molecular flexibility index (Phi) is 5.07. The van der Waals surface area contributed by atoms with E-state index in [2.05, 4.69) is 150 Å². The van der Waals surface area contributed by atoms with E-state index in [0.29, 0.717) is 5.92 Å². The number of rotatable bonds is 3. The molecular weight excluding hydrogens is 522 g/mol. The molecule has 0 saturated heterocycles. The minimum absolute atomic E-state index is 0.0321. The van der Waals surface area contributed by atoms with Gasteiger partial charge >= 0.3 is 0 Å². The second-order valence-corrected chi connectivity index (χ2v) is 12.5. The number of hydrogen-bond donors (Lipinski definition) is 0. The van der Waals surface area contributed by atoms with E-state index in [1.807, 2.05) is 18.5 Å². The summed E-state index contributed by atoms with van der Waals surface area (Å²) < 4.78 is 0. The highest BCUT2D eigenvalue weighted by molar-refractivity contribution is 6.14. The van der Waals surface area contributed by atoms with Gasteiger partial charge in [0.25, 0.3) is 0 Å². The lowest BCUT2D eigenvalue weighted by Crippen LogP contribution is -2.48. The highest BCUT2D eigenvalue weighted by atomic mass is 15.2. The molecule has 0 spiro atoms. The fourth-order valence-electron chi connectivity index (χ4n) is 7.94. The van der Waals surface area contributed by atoms with Gasteiger partial charge in [0.05, 0.1) is 23.6 Å². The van der Waals surface area contributed by atoms with Gasteiger partial charge in [-0.05, 0) is 69.8 Å². The highest BCUT2D eigenvalue weighted by Crippen LogP contribution is 2.59. The van der Waals surface area contributed by atoms with Crippen molar-refractivity contribution in [2.75, 3.05) is 9.80 Å². The number of aromatic nitrogens is 1. The highest BCUT2D eigenvalue weighted by Gasteiger charge is 2.51. The molecule has 0 bridgehead atoms. The number of hydrogen-bond acceptors (Lipinski definition) is 3. The number of para-hydroxylation sites is 1. The maximum atomic E-state index is 4.55. The fraction of sp³-hybridized carbons (Fsp3) is 0.125. The molecule has 43 heavy (non-hydrogen) atoms. The van der Waals surface area contributed by atoms with Crippen molar-refractivity contribution in [3.05, 3.63) is 151 Å². The van der Waals surface area contributed by atoms with Gasteiger partial charge in [-0.25, -0.2) is 0 Å². The Morgan fingerprint density at radius 3 is 2.37 bits per heavy atom. The molecule has 3 heteroatoms. The van der Waals surface area contributed by atoms with E-state index >= 15 is 0 Å². The van der Waals surface area contributed by atoms with Crippen molar-refractivity contribution in [2.24, 2.45) is 5.92 Å². The van der Waals surface area contributed by atoms with Gasteiger partial charge in [-0.3, -0.25) is 4.98 Å². The van der Waals surface area contributed by atoms with Crippen LogP contribution in [0, 0.1) is 5.92 Å². The summed E-state index contributed by atoms with van der Waals surface area (Å²) in [5.41, 5.74) is 10.1. The van der Waals surface area contributed by atoms with E-state index in [1.54, 1.807) is 0 Å². The van der Waals surface area contributed by atoms with Crippen molar-refractivity contribution in [1.82, 2.24) is 4.98 Å². The Balaban J connectivity index is 1.29. The van der Waals surface area contributed by atoms with Gasteiger partial charge in [0, 0.05) is 45.5 Å². The predicted molar refractivity (Wildman–Crippen MR) is 180 cm³/mol. The molecule has 2 aliphatic heterocycles. The zero-order valence-corrected chi connectivity index (χ0v) is 24.3. The Labute approximate surface area is 252 Å². The molecule has 3 aliphatic rings. The molecule has 0 amide bonds. The molecule has 206 valence electrons.